The monoisotopic (exact) mass is 489 g/mol. The Morgan fingerprint density at radius 1 is 1.08 bits per heavy atom. The molecule has 0 radical (unpaired) electrons. The molecule has 11 heteroatoms. The lowest BCUT2D eigenvalue weighted by Crippen LogP contribution is -2.47. The third-order valence-corrected chi connectivity index (χ3v) is 6.13. The number of rotatable bonds is 6. The van der Waals surface area contributed by atoms with Crippen molar-refractivity contribution in [1.82, 2.24) is 24.8 Å². The van der Waals surface area contributed by atoms with E-state index in [2.05, 4.69) is 37.5 Å². The fourth-order valence-electron chi connectivity index (χ4n) is 4.05. The van der Waals surface area contributed by atoms with Gasteiger partial charge in [0.25, 0.3) is 5.91 Å². The Balaban J connectivity index is 1.34. The zero-order chi connectivity index (χ0) is 25.2. The molecule has 0 atom stereocenters. The van der Waals surface area contributed by atoms with Crippen LogP contribution in [-0.2, 0) is 0 Å². The quantitative estimate of drug-likeness (QED) is 0.374. The topological polar surface area (TPSA) is 129 Å². The Morgan fingerprint density at radius 2 is 1.83 bits per heavy atom. The molecule has 36 heavy (non-hydrogen) atoms. The van der Waals surface area contributed by atoms with E-state index in [1.165, 1.54) is 0 Å². The van der Waals surface area contributed by atoms with Crippen LogP contribution >= 0.6 is 0 Å². The summed E-state index contributed by atoms with van der Waals surface area (Å²) in [6, 6.07) is 10.6. The Bertz CT molecular complexity index is 1470. The predicted molar refractivity (Wildman–Crippen MR) is 137 cm³/mol. The highest BCUT2D eigenvalue weighted by Gasteiger charge is 2.23. The fraction of sp³-hybridized carbons (Fsp3) is 0.280. The molecule has 0 saturated carbocycles. The van der Waals surface area contributed by atoms with Gasteiger partial charge in [0, 0.05) is 55.4 Å². The highest BCUT2D eigenvalue weighted by Crippen LogP contribution is 2.28. The highest BCUT2D eigenvalue weighted by molar-refractivity contribution is 5.97. The number of methoxy groups -OCH3 is 1. The molecule has 5 rings (SSSR count). The maximum atomic E-state index is 13.0. The summed E-state index contributed by atoms with van der Waals surface area (Å²) >= 11 is 0. The number of carbonyl (C=O) groups is 1. The minimum atomic E-state index is -0.501. The van der Waals surface area contributed by atoms with Gasteiger partial charge in [-0.25, -0.2) is 9.78 Å². The Kier molecular flexibility index (Phi) is 6.30. The minimum absolute atomic E-state index is 0.0412. The molecule has 186 valence electrons. The van der Waals surface area contributed by atoms with E-state index in [9.17, 15) is 9.59 Å². The number of ether oxygens (including phenoxy) is 1. The van der Waals surface area contributed by atoms with Crippen LogP contribution in [0.1, 0.15) is 15.9 Å². The number of benzene rings is 2. The first-order valence-corrected chi connectivity index (χ1v) is 11.6. The molecule has 11 nitrogen and oxygen atoms in total. The number of aryl methyl sites for hydroxylation is 1. The predicted octanol–water partition coefficient (Wildman–Crippen LogP) is 3.10. The van der Waals surface area contributed by atoms with Gasteiger partial charge in [-0.1, -0.05) is 0 Å². The summed E-state index contributed by atoms with van der Waals surface area (Å²) in [6.07, 6.45) is 1.71. The smallest absolute Gasteiger partial charge is 0.417 e. The van der Waals surface area contributed by atoms with Gasteiger partial charge in [-0.05, 0) is 44.3 Å². The molecule has 4 aromatic rings. The van der Waals surface area contributed by atoms with Crippen molar-refractivity contribution >= 4 is 40.1 Å². The van der Waals surface area contributed by atoms with Gasteiger partial charge in [0.05, 0.1) is 18.2 Å². The van der Waals surface area contributed by atoms with Gasteiger partial charge in [-0.3, -0.25) is 9.78 Å². The minimum Gasteiger partial charge on any atom is -0.496 e. The molecule has 1 aliphatic rings. The summed E-state index contributed by atoms with van der Waals surface area (Å²) in [5, 5.41) is 6.43. The molecule has 1 fully saturated rings. The highest BCUT2D eigenvalue weighted by atomic mass is 16.5. The van der Waals surface area contributed by atoms with Gasteiger partial charge in [-0.15, -0.1) is 0 Å². The second kappa shape index (κ2) is 9.70. The van der Waals surface area contributed by atoms with Gasteiger partial charge < -0.3 is 29.6 Å². The number of likely N-dealkylation sites (N-methyl/N-ethyl adjacent to an activating group) is 1. The largest absolute Gasteiger partial charge is 0.496 e. The first-order valence-electron chi connectivity index (χ1n) is 11.6. The average Bonchev–Trinajstić information content (AvgIpc) is 3.25. The Labute approximate surface area is 207 Å². The maximum absolute atomic E-state index is 13.0. The van der Waals surface area contributed by atoms with E-state index in [1.54, 1.807) is 43.6 Å². The van der Waals surface area contributed by atoms with Crippen LogP contribution in [0.5, 0.6) is 5.75 Å². The molecule has 1 amide bonds. The lowest BCUT2D eigenvalue weighted by atomic mass is 10.1. The van der Waals surface area contributed by atoms with Crippen molar-refractivity contribution in [1.29, 1.82) is 0 Å². The molecule has 2 aromatic heterocycles. The van der Waals surface area contributed by atoms with Crippen molar-refractivity contribution < 1.29 is 13.9 Å². The molecule has 0 spiro atoms. The van der Waals surface area contributed by atoms with E-state index in [4.69, 9.17) is 9.15 Å². The molecule has 1 saturated heterocycles. The number of piperazine rings is 1. The number of hydrogen-bond donors (Lipinski definition) is 3. The van der Waals surface area contributed by atoms with Crippen LogP contribution in [0.25, 0.3) is 11.1 Å². The Hall–Kier alpha value is -4.38. The number of nitrogens with zero attached hydrogens (tertiary/aromatic N) is 4. The summed E-state index contributed by atoms with van der Waals surface area (Å²) in [5.74, 6) is 0.920. The third kappa shape index (κ3) is 4.86. The summed E-state index contributed by atoms with van der Waals surface area (Å²) in [5.41, 5.74) is 3.86. The zero-order valence-electron chi connectivity index (χ0n) is 20.3. The molecule has 2 aromatic carbocycles. The van der Waals surface area contributed by atoms with Crippen LogP contribution in [0.2, 0.25) is 0 Å². The fourth-order valence-corrected chi connectivity index (χ4v) is 4.05. The number of H-pyrrole nitrogens is 1. The maximum Gasteiger partial charge on any atom is 0.417 e. The molecule has 1 aliphatic heterocycles. The number of aromatic nitrogens is 3. The van der Waals surface area contributed by atoms with E-state index in [0.717, 1.165) is 24.3 Å². The molecule has 0 aliphatic carbocycles. The first-order chi connectivity index (χ1) is 17.4. The van der Waals surface area contributed by atoms with Crippen LogP contribution in [0.4, 0.5) is 23.1 Å². The van der Waals surface area contributed by atoms with Gasteiger partial charge >= 0.3 is 5.76 Å². The second-order valence-electron chi connectivity index (χ2n) is 8.71. The van der Waals surface area contributed by atoms with Crippen molar-refractivity contribution in [3.63, 3.8) is 0 Å². The zero-order valence-corrected chi connectivity index (χ0v) is 20.3. The van der Waals surface area contributed by atoms with E-state index < -0.39 is 5.76 Å². The number of hydrogen-bond acceptors (Lipinski definition) is 9. The lowest BCUT2D eigenvalue weighted by molar-refractivity contribution is 0.0661. The molecule has 3 N–H and O–H groups in total. The number of anilines is 4. The van der Waals surface area contributed by atoms with Crippen LogP contribution in [0.3, 0.4) is 0 Å². The SMILES string of the molecule is COc1cc(Nc2ncc(C)c(Nc3ccc4oc(=O)[nH]c4c3)n2)ccc1C(=O)N1CCN(C)CC1. The van der Waals surface area contributed by atoms with E-state index in [0.29, 0.717) is 53.0 Å². The number of nitrogens with one attached hydrogen (secondary N) is 3. The number of fused-ring (bicyclic) bond motifs is 1. The van der Waals surface area contributed by atoms with Crippen LogP contribution in [0, 0.1) is 6.92 Å². The van der Waals surface area contributed by atoms with Crippen molar-refractivity contribution in [2.75, 3.05) is 51.0 Å². The van der Waals surface area contributed by atoms with E-state index in [1.807, 2.05) is 17.9 Å². The summed E-state index contributed by atoms with van der Waals surface area (Å²) in [7, 11) is 3.60. The number of oxazole rings is 1. The standard InChI is InChI=1S/C25H27N7O4/c1-15-14-26-24(30-22(15)27-16-5-7-20-19(12-16)29-25(34)36-20)28-17-4-6-18(21(13-17)35-3)23(33)32-10-8-31(2)9-11-32/h4-7,12-14H,8-11H2,1-3H3,(H,29,34)(H2,26,27,28,30). The van der Waals surface area contributed by atoms with Crippen LogP contribution < -0.4 is 21.1 Å². The molecule has 0 bridgehead atoms. The van der Waals surface area contributed by atoms with Gasteiger partial charge in [-0.2, -0.15) is 4.98 Å². The summed E-state index contributed by atoms with van der Waals surface area (Å²) < 4.78 is 10.6. The molecular formula is C25H27N7O4. The average molecular weight is 490 g/mol. The van der Waals surface area contributed by atoms with Gasteiger partial charge in [0.2, 0.25) is 5.95 Å². The Morgan fingerprint density at radius 3 is 2.61 bits per heavy atom. The number of aromatic amines is 1. The van der Waals surface area contributed by atoms with Crippen molar-refractivity contribution in [3.05, 3.63) is 64.3 Å². The van der Waals surface area contributed by atoms with E-state index in [-0.39, 0.29) is 5.91 Å². The van der Waals surface area contributed by atoms with Crippen molar-refractivity contribution in [2.45, 2.75) is 6.92 Å². The molecule has 3 heterocycles. The molecule has 0 unspecified atom stereocenters. The van der Waals surface area contributed by atoms with E-state index >= 15 is 0 Å². The first kappa shape index (κ1) is 23.4. The normalized spacial score (nSPS) is 14.1. The number of carbonyl (C=O) groups excluding carboxylic acids is 1. The van der Waals surface area contributed by atoms with Crippen LogP contribution in [-0.4, -0.2) is 71.0 Å². The van der Waals surface area contributed by atoms with Crippen molar-refractivity contribution in [3.8, 4) is 5.75 Å². The van der Waals surface area contributed by atoms with Crippen molar-refractivity contribution in [2.24, 2.45) is 0 Å². The number of amides is 1. The summed E-state index contributed by atoms with van der Waals surface area (Å²) in [4.78, 5) is 40.1. The molecular weight excluding hydrogens is 462 g/mol. The third-order valence-electron chi connectivity index (χ3n) is 6.13. The lowest BCUT2D eigenvalue weighted by Gasteiger charge is -2.32. The van der Waals surface area contributed by atoms with Gasteiger partial charge in [0.15, 0.2) is 5.58 Å². The van der Waals surface area contributed by atoms with Crippen LogP contribution in [0.15, 0.2) is 51.8 Å². The van der Waals surface area contributed by atoms with Gasteiger partial charge in [0.1, 0.15) is 11.6 Å². The second-order valence-corrected chi connectivity index (χ2v) is 8.71. The summed E-state index contributed by atoms with van der Waals surface area (Å²) in [6.45, 7) is 4.97.